The summed E-state index contributed by atoms with van der Waals surface area (Å²) >= 11 is 0. The number of aryl methyl sites for hydroxylation is 1. The molecule has 2 N–H and O–H groups in total. The topological polar surface area (TPSA) is 63.5 Å². The first kappa shape index (κ1) is 17.5. The molecule has 0 saturated carbocycles. The highest BCUT2D eigenvalue weighted by atomic mass is 35.5. The molecule has 0 aliphatic carbocycles. The molecule has 0 saturated heterocycles. The second kappa shape index (κ2) is 8.67. The lowest BCUT2D eigenvalue weighted by molar-refractivity contribution is 0.0928. The van der Waals surface area contributed by atoms with Crippen LogP contribution in [0, 0.1) is 6.92 Å². The fraction of sp³-hybridized carbons (Fsp3) is 0.400. The molecular formula is C15H21ClN2O3. The average Bonchev–Trinajstić information content (AvgIpc) is 2.88. The third kappa shape index (κ3) is 4.74. The summed E-state index contributed by atoms with van der Waals surface area (Å²) in [4.78, 5) is 12.0. The van der Waals surface area contributed by atoms with E-state index in [1.54, 1.807) is 13.2 Å². The SMILES string of the molecule is COCCNCCNC(=O)c1cc2cccc(C)c2o1.Cl. The van der Waals surface area contributed by atoms with Crippen LogP contribution in [0.2, 0.25) is 0 Å². The van der Waals surface area contributed by atoms with Crippen molar-refractivity contribution in [1.82, 2.24) is 10.6 Å². The monoisotopic (exact) mass is 312 g/mol. The Morgan fingerprint density at radius 1 is 1.29 bits per heavy atom. The fourth-order valence-electron chi connectivity index (χ4n) is 1.97. The molecule has 1 heterocycles. The normalized spacial score (nSPS) is 10.4. The number of fused-ring (bicyclic) bond motifs is 1. The van der Waals surface area contributed by atoms with Gasteiger partial charge in [-0.05, 0) is 18.6 Å². The predicted molar refractivity (Wildman–Crippen MR) is 85.3 cm³/mol. The molecule has 0 radical (unpaired) electrons. The molecule has 1 amide bonds. The first-order valence-electron chi connectivity index (χ1n) is 6.69. The van der Waals surface area contributed by atoms with E-state index in [0.717, 1.165) is 23.1 Å². The highest BCUT2D eigenvalue weighted by Crippen LogP contribution is 2.22. The Kier molecular flexibility index (Phi) is 7.22. The molecule has 0 aliphatic rings. The maximum absolute atomic E-state index is 12.0. The molecule has 1 aromatic carbocycles. The van der Waals surface area contributed by atoms with Crippen LogP contribution < -0.4 is 10.6 Å². The number of hydrogen-bond donors (Lipinski definition) is 2. The van der Waals surface area contributed by atoms with Crippen LogP contribution in [0.5, 0.6) is 0 Å². The van der Waals surface area contributed by atoms with Gasteiger partial charge in [-0.3, -0.25) is 4.79 Å². The number of benzene rings is 1. The number of rotatable bonds is 7. The summed E-state index contributed by atoms with van der Waals surface area (Å²) in [7, 11) is 1.66. The Morgan fingerprint density at radius 2 is 2.10 bits per heavy atom. The van der Waals surface area contributed by atoms with Crippen molar-refractivity contribution in [3.8, 4) is 0 Å². The van der Waals surface area contributed by atoms with Gasteiger partial charge in [-0.25, -0.2) is 0 Å². The van der Waals surface area contributed by atoms with Crippen LogP contribution in [0.3, 0.4) is 0 Å². The first-order chi connectivity index (χ1) is 9.72. The molecule has 1 aromatic heterocycles. The average molecular weight is 313 g/mol. The van der Waals surface area contributed by atoms with Gasteiger partial charge in [-0.2, -0.15) is 0 Å². The molecule has 5 nitrogen and oxygen atoms in total. The molecule has 0 aliphatic heterocycles. The second-order valence-corrected chi connectivity index (χ2v) is 4.60. The molecule has 116 valence electrons. The molecule has 0 unspecified atom stereocenters. The Labute approximate surface area is 130 Å². The summed E-state index contributed by atoms with van der Waals surface area (Å²) in [6.45, 7) is 4.66. The van der Waals surface area contributed by atoms with Crippen molar-refractivity contribution in [3.05, 3.63) is 35.6 Å². The third-order valence-corrected chi connectivity index (χ3v) is 3.04. The van der Waals surface area contributed by atoms with E-state index in [2.05, 4.69) is 10.6 Å². The zero-order chi connectivity index (χ0) is 14.4. The van der Waals surface area contributed by atoms with Crippen LogP contribution in [-0.4, -0.2) is 39.3 Å². The van der Waals surface area contributed by atoms with Gasteiger partial charge in [0.2, 0.25) is 0 Å². The van der Waals surface area contributed by atoms with Gasteiger partial charge < -0.3 is 19.8 Å². The summed E-state index contributed by atoms with van der Waals surface area (Å²) in [6, 6.07) is 7.63. The van der Waals surface area contributed by atoms with Gasteiger partial charge in [0.25, 0.3) is 5.91 Å². The number of amides is 1. The molecule has 2 aromatic rings. The minimum Gasteiger partial charge on any atom is -0.451 e. The minimum absolute atomic E-state index is 0. The van der Waals surface area contributed by atoms with Gasteiger partial charge in [-0.15, -0.1) is 12.4 Å². The number of para-hydroxylation sites is 1. The molecule has 0 spiro atoms. The summed E-state index contributed by atoms with van der Waals surface area (Å²) < 4.78 is 10.5. The van der Waals surface area contributed by atoms with Crippen molar-refractivity contribution < 1.29 is 13.9 Å². The van der Waals surface area contributed by atoms with E-state index >= 15 is 0 Å². The van der Waals surface area contributed by atoms with E-state index in [0.29, 0.717) is 25.5 Å². The molecule has 0 bridgehead atoms. The van der Waals surface area contributed by atoms with E-state index in [4.69, 9.17) is 9.15 Å². The van der Waals surface area contributed by atoms with Gasteiger partial charge in [0.05, 0.1) is 6.61 Å². The molecule has 2 rings (SSSR count). The van der Waals surface area contributed by atoms with Crippen molar-refractivity contribution in [3.63, 3.8) is 0 Å². The zero-order valence-electron chi connectivity index (χ0n) is 12.3. The van der Waals surface area contributed by atoms with E-state index in [1.807, 2.05) is 25.1 Å². The van der Waals surface area contributed by atoms with Crippen molar-refractivity contribution in [2.24, 2.45) is 0 Å². The lowest BCUT2D eigenvalue weighted by Crippen LogP contribution is -2.32. The zero-order valence-corrected chi connectivity index (χ0v) is 13.1. The van der Waals surface area contributed by atoms with Crippen LogP contribution >= 0.6 is 12.4 Å². The number of furan rings is 1. The summed E-state index contributed by atoms with van der Waals surface area (Å²) in [5.74, 6) is 0.167. The lowest BCUT2D eigenvalue weighted by Gasteiger charge is -2.04. The Hall–Kier alpha value is -1.56. The van der Waals surface area contributed by atoms with Crippen LogP contribution in [0.4, 0.5) is 0 Å². The fourth-order valence-corrected chi connectivity index (χ4v) is 1.97. The van der Waals surface area contributed by atoms with E-state index in [1.165, 1.54) is 0 Å². The van der Waals surface area contributed by atoms with Crippen LogP contribution in [0.15, 0.2) is 28.7 Å². The smallest absolute Gasteiger partial charge is 0.287 e. The lowest BCUT2D eigenvalue weighted by atomic mass is 10.2. The molecule has 0 atom stereocenters. The van der Waals surface area contributed by atoms with Crippen LogP contribution in [0.1, 0.15) is 16.1 Å². The van der Waals surface area contributed by atoms with E-state index in [-0.39, 0.29) is 18.3 Å². The van der Waals surface area contributed by atoms with Crippen LogP contribution in [0.25, 0.3) is 11.0 Å². The number of nitrogens with one attached hydrogen (secondary N) is 2. The standard InChI is InChI=1S/C15H20N2O3.ClH/c1-11-4-3-5-12-10-13(20-14(11)12)15(18)17-7-6-16-8-9-19-2;/h3-5,10,16H,6-9H2,1-2H3,(H,17,18);1H. The number of ether oxygens (including phenoxy) is 1. The summed E-state index contributed by atoms with van der Waals surface area (Å²) in [6.07, 6.45) is 0. The largest absolute Gasteiger partial charge is 0.451 e. The Morgan fingerprint density at radius 3 is 2.81 bits per heavy atom. The Bertz CT molecular complexity index is 583. The number of carbonyl (C=O) groups excluding carboxylic acids is 1. The highest BCUT2D eigenvalue weighted by Gasteiger charge is 2.12. The molecule has 6 heteroatoms. The number of hydrogen-bond acceptors (Lipinski definition) is 4. The van der Waals surface area contributed by atoms with E-state index in [9.17, 15) is 4.79 Å². The number of methoxy groups -OCH3 is 1. The second-order valence-electron chi connectivity index (χ2n) is 4.60. The van der Waals surface area contributed by atoms with Gasteiger partial charge in [0, 0.05) is 32.1 Å². The van der Waals surface area contributed by atoms with Crippen molar-refractivity contribution >= 4 is 29.3 Å². The maximum atomic E-state index is 12.0. The van der Waals surface area contributed by atoms with Crippen molar-refractivity contribution in [2.75, 3.05) is 33.4 Å². The van der Waals surface area contributed by atoms with Gasteiger partial charge in [0.15, 0.2) is 5.76 Å². The van der Waals surface area contributed by atoms with Crippen LogP contribution in [-0.2, 0) is 4.74 Å². The first-order valence-corrected chi connectivity index (χ1v) is 6.69. The highest BCUT2D eigenvalue weighted by molar-refractivity contribution is 5.96. The quantitative estimate of drug-likeness (QED) is 0.769. The predicted octanol–water partition coefficient (Wildman–Crippen LogP) is 2.13. The summed E-state index contributed by atoms with van der Waals surface area (Å²) in [5, 5.41) is 6.93. The molecule has 0 fully saturated rings. The van der Waals surface area contributed by atoms with Crippen molar-refractivity contribution in [1.29, 1.82) is 0 Å². The van der Waals surface area contributed by atoms with Gasteiger partial charge in [-0.1, -0.05) is 18.2 Å². The minimum atomic E-state index is -0.186. The molecule has 21 heavy (non-hydrogen) atoms. The van der Waals surface area contributed by atoms with Crippen molar-refractivity contribution in [2.45, 2.75) is 6.92 Å². The molecular weight excluding hydrogens is 292 g/mol. The maximum Gasteiger partial charge on any atom is 0.287 e. The summed E-state index contributed by atoms with van der Waals surface area (Å²) in [5.41, 5.74) is 1.80. The van der Waals surface area contributed by atoms with Gasteiger partial charge in [0.1, 0.15) is 5.58 Å². The Balaban J connectivity index is 0.00000220. The number of halogens is 1. The third-order valence-electron chi connectivity index (χ3n) is 3.04. The number of carbonyl (C=O) groups is 1. The van der Waals surface area contributed by atoms with Gasteiger partial charge >= 0.3 is 0 Å². The van der Waals surface area contributed by atoms with E-state index < -0.39 is 0 Å².